The minimum Gasteiger partial charge on any atom is -0.399 e. The van der Waals surface area contributed by atoms with Crippen molar-refractivity contribution >= 4 is 29.0 Å². The van der Waals surface area contributed by atoms with Gasteiger partial charge in [-0.05, 0) is 30.3 Å². The molecular weight excluding hydrogens is 380 g/mol. The number of hydrogen-bond donors (Lipinski definition) is 3. The largest absolute Gasteiger partial charge is 0.399 e. The summed E-state index contributed by atoms with van der Waals surface area (Å²) >= 11 is 0. The number of nitrogen functional groups attached to an aromatic ring is 2. The first-order chi connectivity index (χ1) is 13.8. The predicted octanol–water partition coefficient (Wildman–Crippen LogP) is 3.22. The molecule has 0 bridgehead atoms. The lowest BCUT2D eigenvalue weighted by atomic mass is 10.00. The maximum Gasteiger partial charge on any atom is 0.261 e. The van der Waals surface area contributed by atoms with Crippen LogP contribution in [0.5, 0.6) is 0 Å². The summed E-state index contributed by atoms with van der Waals surface area (Å²) in [4.78, 5) is 17.1. The molecular formula is C20H19F2N5O2. The van der Waals surface area contributed by atoms with Gasteiger partial charge in [-0.2, -0.15) is 0 Å². The van der Waals surface area contributed by atoms with Crippen molar-refractivity contribution in [1.82, 2.24) is 4.57 Å². The van der Waals surface area contributed by atoms with Crippen LogP contribution in [0.15, 0.2) is 52.5 Å². The van der Waals surface area contributed by atoms with E-state index in [0.717, 1.165) is 12.1 Å². The summed E-state index contributed by atoms with van der Waals surface area (Å²) in [6.45, 7) is 0. The van der Waals surface area contributed by atoms with E-state index < -0.39 is 11.6 Å². The topological polar surface area (TPSA) is 108 Å². The molecule has 5 N–H and O–H groups in total. The zero-order chi connectivity index (χ0) is 21.1. The van der Waals surface area contributed by atoms with Crippen LogP contribution in [0, 0.1) is 11.6 Å². The highest BCUT2D eigenvalue weighted by atomic mass is 19.1. The predicted molar refractivity (Wildman–Crippen MR) is 110 cm³/mol. The molecule has 29 heavy (non-hydrogen) atoms. The fraction of sp³-hybridized carbons (Fsp3) is 0.100. The van der Waals surface area contributed by atoms with Crippen LogP contribution in [-0.2, 0) is 11.9 Å². The molecule has 2 aromatic carbocycles. The summed E-state index contributed by atoms with van der Waals surface area (Å²) in [6, 6.07) is 8.10. The molecule has 0 saturated heterocycles. The van der Waals surface area contributed by atoms with E-state index in [-0.39, 0.29) is 22.5 Å². The van der Waals surface area contributed by atoms with Crippen LogP contribution >= 0.6 is 0 Å². The molecule has 150 valence electrons. The van der Waals surface area contributed by atoms with E-state index >= 15 is 0 Å². The highest BCUT2D eigenvalue weighted by molar-refractivity contribution is 5.96. The number of pyridine rings is 1. The number of nitrogens with zero attached hydrogens (tertiary/aromatic N) is 2. The molecule has 0 aliphatic heterocycles. The monoisotopic (exact) mass is 399 g/mol. The zero-order valence-corrected chi connectivity index (χ0v) is 15.7. The van der Waals surface area contributed by atoms with Gasteiger partial charge in [-0.3, -0.25) is 4.79 Å². The molecule has 0 aliphatic rings. The number of anilines is 4. The summed E-state index contributed by atoms with van der Waals surface area (Å²) in [7, 11) is 2.91. The van der Waals surface area contributed by atoms with Crippen LogP contribution < -0.4 is 22.3 Å². The van der Waals surface area contributed by atoms with Gasteiger partial charge < -0.3 is 26.2 Å². The number of rotatable bonds is 5. The fourth-order valence-corrected chi connectivity index (χ4v) is 2.85. The zero-order valence-electron chi connectivity index (χ0n) is 15.7. The van der Waals surface area contributed by atoms with Gasteiger partial charge in [-0.25, -0.2) is 8.78 Å². The first kappa shape index (κ1) is 19.9. The molecule has 9 heteroatoms. The Hall–Kier alpha value is -3.88. The van der Waals surface area contributed by atoms with Crippen molar-refractivity contribution in [2.75, 3.05) is 23.9 Å². The second-order valence-corrected chi connectivity index (χ2v) is 6.26. The lowest BCUT2D eigenvalue weighted by Crippen LogP contribution is -2.23. The van der Waals surface area contributed by atoms with E-state index in [1.165, 1.54) is 24.0 Å². The second-order valence-electron chi connectivity index (χ2n) is 6.26. The van der Waals surface area contributed by atoms with Crippen molar-refractivity contribution in [3.05, 3.63) is 70.1 Å². The molecule has 0 aliphatic carbocycles. The number of hydrogen-bond acceptors (Lipinski definition) is 6. The molecule has 0 saturated carbocycles. The van der Waals surface area contributed by atoms with Crippen molar-refractivity contribution < 1.29 is 13.6 Å². The second kappa shape index (κ2) is 8.01. The molecule has 0 fully saturated rings. The molecule has 0 atom stereocenters. The lowest BCUT2D eigenvalue weighted by molar-refractivity contribution is 0.215. The molecule has 0 radical (unpaired) electrons. The van der Waals surface area contributed by atoms with Gasteiger partial charge in [-0.15, -0.1) is 0 Å². The van der Waals surface area contributed by atoms with E-state index in [0.29, 0.717) is 22.5 Å². The van der Waals surface area contributed by atoms with Crippen LogP contribution in [0.25, 0.3) is 11.1 Å². The van der Waals surface area contributed by atoms with Crippen LogP contribution in [0.2, 0.25) is 0 Å². The standard InChI is InChI=1S/C20H19F2N5O2/c1-27-10-15(19(24)14(20(27)28)9-25-29-2)13-8-12(23)4-6-17(13)26-18-5-3-11(21)7-16(18)22/h3-10,26H,23-24H2,1-2H3. The van der Waals surface area contributed by atoms with Crippen molar-refractivity contribution in [2.24, 2.45) is 12.2 Å². The first-order valence-corrected chi connectivity index (χ1v) is 8.49. The Balaban J connectivity index is 2.19. The molecule has 0 spiro atoms. The number of nitrogens with one attached hydrogen (secondary N) is 1. The summed E-state index contributed by atoms with van der Waals surface area (Å²) in [6.07, 6.45) is 2.77. The van der Waals surface area contributed by atoms with Crippen molar-refractivity contribution in [3.8, 4) is 11.1 Å². The number of aryl methyl sites for hydroxylation is 1. The van der Waals surface area contributed by atoms with Crippen LogP contribution in [0.3, 0.4) is 0 Å². The molecule has 0 unspecified atom stereocenters. The highest BCUT2D eigenvalue weighted by Gasteiger charge is 2.16. The number of halogens is 2. The Morgan fingerprint density at radius 1 is 1.10 bits per heavy atom. The van der Waals surface area contributed by atoms with Gasteiger partial charge in [0.2, 0.25) is 0 Å². The quantitative estimate of drug-likeness (QED) is 0.347. The normalized spacial score (nSPS) is 11.0. The molecule has 1 aromatic heterocycles. The van der Waals surface area contributed by atoms with E-state index in [2.05, 4.69) is 15.3 Å². The Kier molecular flexibility index (Phi) is 5.49. The number of benzene rings is 2. The van der Waals surface area contributed by atoms with Crippen molar-refractivity contribution in [1.29, 1.82) is 0 Å². The van der Waals surface area contributed by atoms with Crippen LogP contribution in [-0.4, -0.2) is 17.9 Å². The smallest absolute Gasteiger partial charge is 0.261 e. The molecule has 3 rings (SSSR count). The molecule has 1 heterocycles. The Bertz CT molecular complexity index is 1160. The van der Waals surface area contributed by atoms with Gasteiger partial charge in [-0.1, -0.05) is 5.16 Å². The van der Waals surface area contributed by atoms with Crippen LogP contribution in [0.1, 0.15) is 5.56 Å². The van der Waals surface area contributed by atoms with E-state index in [1.807, 2.05) is 0 Å². The lowest BCUT2D eigenvalue weighted by Gasteiger charge is -2.17. The van der Waals surface area contributed by atoms with Crippen LogP contribution in [0.4, 0.5) is 31.5 Å². The third kappa shape index (κ3) is 4.03. The molecule has 0 amide bonds. The average molecular weight is 399 g/mol. The van der Waals surface area contributed by atoms with E-state index in [9.17, 15) is 13.6 Å². The van der Waals surface area contributed by atoms with E-state index in [1.54, 1.807) is 31.4 Å². The minimum atomic E-state index is -0.755. The first-order valence-electron chi connectivity index (χ1n) is 8.49. The number of aromatic nitrogens is 1. The number of oxime groups is 1. The maximum atomic E-state index is 14.1. The summed E-state index contributed by atoms with van der Waals surface area (Å²) < 4.78 is 28.7. The third-order valence-electron chi connectivity index (χ3n) is 4.28. The van der Waals surface area contributed by atoms with Gasteiger partial charge in [0, 0.05) is 41.8 Å². The summed E-state index contributed by atoms with van der Waals surface area (Å²) in [5.41, 5.74) is 14.1. The van der Waals surface area contributed by atoms with E-state index in [4.69, 9.17) is 11.5 Å². The summed E-state index contributed by atoms with van der Waals surface area (Å²) in [5, 5.41) is 6.54. The van der Waals surface area contributed by atoms with Crippen molar-refractivity contribution in [2.45, 2.75) is 0 Å². The Labute approximate surface area is 165 Å². The third-order valence-corrected chi connectivity index (χ3v) is 4.28. The maximum absolute atomic E-state index is 14.1. The highest BCUT2D eigenvalue weighted by Crippen LogP contribution is 2.36. The number of nitrogens with two attached hydrogens (primary N) is 2. The van der Waals surface area contributed by atoms with Gasteiger partial charge in [0.1, 0.15) is 18.7 Å². The van der Waals surface area contributed by atoms with Gasteiger partial charge in [0.15, 0.2) is 0 Å². The van der Waals surface area contributed by atoms with Gasteiger partial charge in [0.25, 0.3) is 5.56 Å². The van der Waals surface area contributed by atoms with Crippen molar-refractivity contribution in [3.63, 3.8) is 0 Å². The Morgan fingerprint density at radius 2 is 1.83 bits per heavy atom. The summed E-state index contributed by atoms with van der Waals surface area (Å²) in [5.74, 6) is -1.44. The molecule has 7 nitrogen and oxygen atoms in total. The van der Waals surface area contributed by atoms with Gasteiger partial charge >= 0.3 is 0 Å². The van der Waals surface area contributed by atoms with Gasteiger partial charge in [0.05, 0.1) is 23.2 Å². The molecule has 3 aromatic rings. The Morgan fingerprint density at radius 3 is 2.52 bits per heavy atom. The fourth-order valence-electron chi connectivity index (χ4n) is 2.85. The SMILES string of the molecule is CON=Cc1c(N)c(-c2cc(N)ccc2Nc2ccc(F)cc2F)cn(C)c1=O. The minimum absolute atomic E-state index is 0.0713. The average Bonchev–Trinajstić information content (AvgIpc) is 2.68.